The van der Waals surface area contributed by atoms with Crippen molar-refractivity contribution in [3.63, 3.8) is 0 Å². The third kappa shape index (κ3) is 2.89. The van der Waals surface area contributed by atoms with Gasteiger partial charge in [0.2, 0.25) is 0 Å². The molecule has 0 aliphatic carbocycles. The van der Waals surface area contributed by atoms with Crippen LogP contribution in [0.3, 0.4) is 0 Å². The summed E-state index contributed by atoms with van der Waals surface area (Å²) in [6.45, 7) is 3.81. The Hall–Kier alpha value is -1.71. The molecule has 0 aromatic heterocycles. The van der Waals surface area contributed by atoms with E-state index in [1.54, 1.807) is 21.1 Å². The van der Waals surface area contributed by atoms with E-state index < -0.39 is 0 Å². The van der Waals surface area contributed by atoms with Crippen LogP contribution in [0.5, 0.6) is 11.5 Å². The van der Waals surface area contributed by atoms with E-state index in [2.05, 4.69) is 5.32 Å². The minimum absolute atomic E-state index is 0.0918. The average Bonchev–Trinajstić information content (AvgIpc) is 2.26. The second-order valence-corrected chi connectivity index (χ2v) is 3.58. The lowest BCUT2D eigenvalue weighted by Gasteiger charge is -2.13. The van der Waals surface area contributed by atoms with Crippen LogP contribution >= 0.6 is 0 Å². The third-order valence-electron chi connectivity index (χ3n) is 2.26. The SMILES string of the molecule is COc1cc(C)c(NCC(C)=O)cc1OC. The molecule has 0 saturated heterocycles. The lowest BCUT2D eigenvalue weighted by Crippen LogP contribution is -2.10. The molecule has 16 heavy (non-hydrogen) atoms. The molecule has 0 fully saturated rings. The topological polar surface area (TPSA) is 47.6 Å². The second-order valence-electron chi connectivity index (χ2n) is 3.58. The van der Waals surface area contributed by atoms with Crippen molar-refractivity contribution in [1.82, 2.24) is 0 Å². The maximum atomic E-state index is 10.9. The van der Waals surface area contributed by atoms with Crippen molar-refractivity contribution in [3.8, 4) is 11.5 Å². The number of benzene rings is 1. The largest absolute Gasteiger partial charge is 0.493 e. The van der Waals surface area contributed by atoms with Gasteiger partial charge in [0.15, 0.2) is 11.5 Å². The van der Waals surface area contributed by atoms with E-state index in [0.29, 0.717) is 18.0 Å². The number of nitrogens with one attached hydrogen (secondary N) is 1. The Morgan fingerprint density at radius 1 is 1.25 bits per heavy atom. The van der Waals surface area contributed by atoms with Crippen LogP contribution in [0.25, 0.3) is 0 Å². The van der Waals surface area contributed by atoms with Crippen LogP contribution in [-0.4, -0.2) is 26.5 Å². The summed E-state index contributed by atoms with van der Waals surface area (Å²) < 4.78 is 10.4. The van der Waals surface area contributed by atoms with Gasteiger partial charge in [-0.05, 0) is 25.5 Å². The highest BCUT2D eigenvalue weighted by Gasteiger charge is 2.08. The third-order valence-corrected chi connectivity index (χ3v) is 2.26. The summed E-state index contributed by atoms with van der Waals surface area (Å²) in [6, 6.07) is 3.71. The summed E-state index contributed by atoms with van der Waals surface area (Å²) in [5.74, 6) is 1.43. The molecular formula is C12H17NO3. The molecule has 88 valence electrons. The van der Waals surface area contributed by atoms with Crippen LogP contribution in [0.2, 0.25) is 0 Å². The fourth-order valence-corrected chi connectivity index (χ4v) is 1.39. The van der Waals surface area contributed by atoms with E-state index in [0.717, 1.165) is 11.3 Å². The van der Waals surface area contributed by atoms with Gasteiger partial charge in [0.05, 0.1) is 20.8 Å². The van der Waals surface area contributed by atoms with Crippen molar-refractivity contribution >= 4 is 11.5 Å². The van der Waals surface area contributed by atoms with Crippen LogP contribution in [0.15, 0.2) is 12.1 Å². The maximum absolute atomic E-state index is 10.9. The molecule has 0 atom stereocenters. The number of carbonyl (C=O) groups excluding carboxylic acids is 1. The minimum Gasteiger partial charge on any atom is -0.493 e. The van der Waals surface area contributed by atoms with Crippen molar-refractivity contribution in [2.75, 3.05) is 26.1 Å². The van der Waals surface area contributed by atoms with Crippen LogP contribution in [0.4, 0.5) is 5.69 Å². The van der Waals surface area contributed by atoms with Crippen LogP contribution in [0, 0.1) is 6.92 Å². The van der Waals surface area contributed by atoms with Gasteiger partial charge in [0, 0.05) is 11.8 Å². The standard InChI is InChI=1S/C12H17NO3/c1-8-5-11(15-3)12(16-4)6-10(8)13-7-9(2)14/h5-6,13H,7H2,1-4H3. The number of hydrogen-bond donors (Lipinski definition) is 1. The number of ketones is 1. The van der Waals surface area contributed by atoms with Crippen molar-refractivity contribution in [2.24, 2.45) is 0 Å². The number of carbonyl (C=O) groups is 1. The maximum Gasteiger partial charge on any atom is 0.162 e. The van der Waals surface area contributed by atoms with Gasteiger partial charge in [0.25, 0.3) is 0 Å². The van der Waals surface area contributed by atoms with Gasteiger partial charge in [-0.3, -0.25) is 4.79 Å². The number of anilines is 1. The van der Waals surface area contributed by atoms with E-state index in [9.17, 15) is 4.79 Å². The monoisotopic (exact) mass is 223 g/mol. The Morgan fingerprint density at radius 3 is 2.31 bits per heavy atom. The first-order chi connectivity index (χ1) is 7.58. The molecule has 0 bridgehead atoms. The Balaban J connectivity index is 2.96. The predicted octanol–water partition coefficient (Wildman–Crippen LogP) is 2.01. The van der Waals surface area contributed by atoms with Gasteiger partial charge < -0.3 is 14.8 Å². The van der Waals surface area contributed by atoms with Gasteiger partial charge >= 0.3 is 0 Å². The number of methoxy groups -OCH3 is 2. The van der Waals surface area contributed by atoms with Gasteiger partial charge in [-0.15, -0.1) is 0 Å². The summed E-state index contributed by atoms with van der Waals surface area (Å²) in [4.78, 5) is 10.9. The average molecular weight is 223 g/mol. The second kappa shape index (κ2) is 5.39. The molecule has 0 aliphatic heterocycles. The molecule has 0 aliphatic rings. The van der Waals surface area contributed by atoms with Crippen LogP contribution in [0.1, 0.15) is 12.5 Å². The van der Waals surface area contributed by atoms with Gasteiger partial charge in [0.1, 0.15) is 5.78 Å². The minimum atomic E-state index is 0.0918. The summed E-state index contributed by atoms with van der Waals surface area (Å²) in [5, 5.41) is 3.05. The number of rotatable bonds is 5. The van der Waals surface area contributed by atoms with Gasteiger partial charge in [-0.1, -0.05) is 0 Å². The molecule has 1 aromatic rings. The quantitative estimate of drug-likeness (QED) is 0.829. The van der Waals surface area contributed by atoms with Crippen molar-refractivity contribution in [3.05, 3.63) is 17.7 Å². The molecule has 0 amide bonds. The van der Waals surface area contributed by atoms with Crippen LogP contribution in [-0.2, 0) is 4.79 Å². The highest BCUT2D eigenvalue weighted by atomic mass is 16.5. The molecule has 4 nitrogen and oxygen atoms in total. The van der Waals surface area contributed by atoms with E-state index in [1.165, 1.54) is 0 Å². The molecule has 4 heteroatoms. The van der Waals surface area contributed by atoms with Crippen molar-refractivity contribution < 1.29 is 14.3 Å². The number of Topliss-reactive ketones (excluding diaryl/α,β-unsaturated/α-hetero) is 1. The van der Waals surface area contributed by atoms with Crippen molar-refractivity contribution in [1.29, 1.82) is 0 Å². The zero-order valence-electron chi connectivity index (χ0n) is 10.1. The van der Waals surface area contributed by atoms with Crippen molar-refractivity contribution in [2.45, 2.75) is 13.8 Å². The molecule has 0 unspecified atom stereocenters. The molecule has 0 heterocycles. The highest BCUT2D eigenvalue weighted by Crippen LogP contribution is 2.32. The molecule has 0 saturated carbocycles. The Bertz CT molecular complexity index is 388. The summed E-state index contributed by atoms with van der Waals surface area (Å²) >= 11 is 0. The number of hydrogen-bond acceptors (Lipinski definition) is 4. The van der Waals surface area contributed by atoms with E-state index >= 15 is 0 Å². The first-order valence-electron chi connectivity index (χ1n) is 5.04. The summed E-state index contributed by atoms with van der Waals surface area (Å²) in [6.07, 6.45) is 0. The Kier molecular flexibility index (Phi) is 4.17. The Labute approximate surface area is 95.6 Å². The lowest BCUT2D eigenvalue weighted by molar-refractivity contribution is -0.115. The first-order valence-corrected chi connectivity index (χ1v) is 5.04. The zero-order chi connectivity index (χ0) is 12.1. The molecule has 1 rings (SSSR count). The smallest absolute Gasteiger partial charge is 0.162 e. The molecule has 1 aromatic carbocycles. The van der Waals surface area contributed by atoms with Gasteiger partial charge in [-0.25, -0.2) is 0 Å². The zero-order valence-corrected chi connectivity index (χ0v) is 10.1. The van der Waals surface area contributed by atoms with Crippen LogP contribution < -0.4 is 14.8 Å². The van der Waals surface area contributed by atoms with E-state index in [-0.39, 0.29) is 5.78 Å². The molecular weight excluding hydrogens is 206 g/mol. The fourth-order valence-electron chi connectivity index (χ4n) is 1.39. The molecule has 1 N–H and O–H groups in total. The van der Waals surface area contributed by atoms with E-state index in [4.69, 9.17) is 9.47 Å². The lowest BCUT2D eigenvalue weighted by atomic mass is 10.1. The highest BCUT2D eigenvalue weighted by molar-refractivity contribution is 5.80. The normalized spacial score (nSPS) is 9.75. The Morgan fingerprint density at radius 2 is 1.81 bits per heavy atom. The first kappa shape index (κ1) is 12.4. The van der Waals surface area contributed by atoms with E-state index in [1.807, 2.05) is 19.1 Å². The number of ether oxygens (including phenoxy) is 2. The summed E-state index contributed by atoms with van der Waals surface area (Å²) in [7, 11) is 3.18. The fraction of sp³-hybridized carbons (Fsp3) is 0.417. The predicted molar refractivity (Wildman–Crippen MR) is 63.5 cm³/mol. The number of aryl methyl sites for hydroxylation is 1. The molecule has 0 spiro atoms. The molecule has 0 radical (unpaired) electrons. The summed E-state index contributed by atoms with van der Waals surface area (Å²) in [5.41, 5.74) is 1.90. The van der Waals surface area contributed by atoms with Gasteiger partial charge in [-0.2, -0.15) is 0 Å².